The fourth-order valence-corrected chi connectivity index (χ4v) is 5.93. The first-order valence-electron chi connectivity index (χ1n) is 12.0. The number of aromatic nitrogens is 1. The fourth-order valence-electron chi connectivity index (χ4n) is 3.59. The van der Waals surface area contributed by atoms with Crippen molar-refractivity contribution in [2.75, 3.05) is 23.5 Å². The van der Waals surface area contributed by atoms with E-state index >= 15 is 0 Å². The molecule has 0 bridgehead atoms. The van der Waals surface area contributed by atoms with Gasteiger partial charge in [0.1, 0.15) is 34.5 Å². The Kier molecular flexibility index (Phi) is 10.4. The van der Waals surface area contributed by atoms with Gasteiger partial charge in [-0.15, -0.1) is 34.7 Å². The minimum Gasteiger partial charge on any atom is -0.477 e. The van der Waals surface area contributed by atoms with Crippen LogP contribution in [0.3, 0.4) is 0 Å². The number of thiazole rings is 1. The molecular formula is C23H29ClN6O8S2. The summed E-state index contributed by atoms with van der Waals surface area (Å²) < 4.78 is 5.21. The Labute approximate surface area is 242 Å². The predicted molar refractivity (Wildman–Crippen MR) is 148 cm³/mol. The lowest BCUT2D eigenvalue weighted by atomic mass is 10.0. The molecule has 0 aliphatic carbocycles. The molecule has 14 nitrogen and oxygen atoms in total. The minimum absolute atomic E-state index is 0.0286. The van der Waals surface area contributed by atoms with Crippen molar-refractivity contribution in [3.05, 3.63) is 22.3 Å². The van der Waals surface area contributed by atoms with Crippen LogP contribution in [0, 0.1) is 0 Å². The summed E-state index contributed by atoms with van der Waals surface area (Å²) >= 11 is 8.17. The van der Waals surface area contributed by atoms with Gasteiger partial charge in [-0.1, -0.05) is 12.1 Å². The zero-order chi connectivity index (χ0) is 29.6. The van der Waals surface area contributed by atoms with E-state index in [1.165, 1.54) is 17.1 Å². The number of oxime groups is 1. The van der Waals surface area contributed by atoms with Gasteiger partial charge in [0.15, 0.2) is 10.8 Å². The number of carbonyl (C=O) groups excluding carboxylic acids is 4. The number of thioether (sulfide) groups is 1. The summed E-state index contributed by atoms with van der Waals surface area (Å²) in [4.78, 5) is 71.6. The molecule has 0 aromatic carbocycles. The number of nitrogens with zero attached hydrogens (tertiary/aromatic N) is 3. The average Bonchev–Trinajstić information content (AvgIpc) is 3.35. The third-order valence-corrected chi connectivity index (χ3v) is 7.90. The molecule has 1 saturated heterocycles. The Balaban J connectivity index is 1.77. The first-order valence-corrected chi connectivity index (χ1v) is 14.5. The molecule has 40 heavy (non-hydrogen) atoms. The highest BCUT2D eigenvalue weighted by molar-refractivity contribution is 8.00. The number of aliphatic carboxylic acids is 1. The SMILES string of the molecule is CCC(CNC(=O)OC(C)(C)C)ON=C(C(=O)NC1C(=O)N2C(C(=O)O)=C(CCl)CS[C@@H]12)c1csc(NC=O)n1. The Morgan fingerprint density at radius 1 is 1.38 bits per heavy atom. The first-order chi connectivity index (χ1) is 18.9. The Morgan fingerprint density at radius 3 is 2.70 bits per heavy atom. The van der Waals surface area contributed by atoms with E-state index < -0.39 is 47.0 Å². The van der Waals surface area contributed by atoms with Crippen molar-refractivity contribution in [3.8, 4) is 0 Å². The third kappa shape index (κ3) is 7.42. The highest BCUT2D eigenvalue weighted by atomic mass is 35.5. The van der Waals surface area contributed by atoms with Crippen LogP contribution in [-0.2, 0) is 28.8 Å². The fraction of sp³-hybridized carbons (Fsp3) is 0.522. The molecule has 17 heteroatoms. The molecule has 4 N–H and O–H groups in total. The normalized spacial score (nSPS) is 19.7. The van der Waals surface area contributed by atoms with Gasteiger partial charge < -0.3 is 30.6 Å². The lowest BCUT2D eigenvalue weighted by molar-refractivity contribution is -0.150. The average molecular weight is 617 g/mol. The molecule has 2 aliphatic heterocycles. The number of hydrogen-bond acceptors (Lipinski definition) is 11. The Hall–Kier alpha value is -3.37. The summed E-state index contributed by atoms with van der Waals surface area (Å²) in [6.45, 7) is 7.00. The maximum Gasteiger partial charge on any atom is 0.407 e. The zero-order valence-electron chi connectivity index (χ0n) is 22.1. The van der Waals surface area contributed by atoms with E-state index in [0.29, 0.717) is 18.4 Å². The largest absolute Gasteiger partial charge is 0.477 e. The summed E-state index contributed by atoms with van der Waals surface area (Å²) in [5, 5.41) is 22.1. The number of rotatable bonds is 12. The summed E-state index contributed by atoms with van der Waals surface area (Å²) in [5.74, 6) is -2.46. The molecule has 1 fully saturated rings. The van der Waals surface area contributed by atoms with Crippen molar-refractivity contribution in [1.29, 1.82) is 0 Å². The molecule has 1 aromatic heterocycles. The van der Waals surface area contributed by atoms with Crippen molar-refractivity contribution >= 4 is 75.8 Å². The van der Waals surface area contributed by atoms with E-state index in [4.69, 9.17) is 21.2 Å². The van der Waals surface area contributed by atoms with Gasteiger partial charge in [0.25, 0.3) is 11.8 Å². The van der Waals surface area contributed by atoms with Gasteiger partial charge in [0.2, 0.25) is 6.41 Å². The van der Waals surface area contributed by atoms with Gasteiger partial charge in [-0.25, -0.2) is 14.6 Å². The lowest BCUT2D eigenvalue weighted by Gasteiger charge is -2.49. The highest BCUT2D eigenvalue weighted by Gasteiger charge is 2.54. The smallest absolute Gasteiger partial charge is 0.407 e. The second kappa shape index (κ2) is 13.3. The van der Waals surface area contributed by atoms with Gasteiger partial charge in [-0.3, -0.25) is 19.3 Å². The molecule has 4 amide bonds. The lowest BCUT2D eigenvalue weighted by Crippen LogP contribution is -2.71. The number of alkyl halides is 1. The molecule has 0 spiro atoms. The van der Waals surface area contributed by atoms with Crippen LogP contribution < -0.4 is 16.0 Å². The minimum atomic E-state index is -1.28. The van der Waals surface area contributed by atoms with Crippen molar-refractivity contribution in [1.82, 2.24) is 20.5 Å². The van der Waals surface area contributed by atoms with Gasteiger partial charge >= 0.3 is 12.1 Å². The second-order valence-corrected chi connectivity index (χ2v) is 11.7. The number of amides is 4. The number of anilines is 1. The number of ether oxygens (including phenoxy) is 1. The molecule has 218 valence electrons. The number of nitrogens with one attached hydrogen (secondary N) is 3. The number of fused-ring (bicyclic) bond motifs is 1. The summed E-state index contributed by atoms with van der Waals surface area (Å²) in [6.07, 6.45) is -0.458. The van der Waals surface area contributed by atoms with Crippen LogP contribution in [0.1, 0.15) is 39.8 Å². The molecule has 0 radical (unpaired) electrons. The number of β-lactam (4-membered cyclic amide) rings is 1. The zero-order valence-corrected chi connectivity index (χ0v) is 24.4. The monoisotopic (exact) mass is 616 g/mol. The molecule has 3 heterocycles. The van der Waals surface area contributed by atoms with E-state index in [1.54, 1.807) is 27.7 Å². The van der Waals surface area contributed by atoms with E-state index in [0.717, 1.165) is 16.2 Å². The molecule has 3 atom stereocenters. The van der Waals surface area contributed by atoms with E-state index in [9.17, 15) is 29.1 Å². The number of carboxylic acids is 1. The van der Waals surface area contributed by atoms with E-state index in [1.807, 2.05) is 0 Å². The molecule has 1 aromatic rings. The summed E-state index contributed by atoms with van der Waals surface area (Å²) in [7, 11) is 0. The van der Waals surface area contributed by atoms with Gasteiger partial charge in [0.05, 0.1) is 6.54 Å². The van der Waals surface area contributed by atoms with Gasteiger partial charge in [0, 0.05) is 17.0 Å². The standard InChI is InChI=1S/C23H29ClN6O8S2/c1-5-12(7-25-22(36)37-23(2,3)4)38-29-14(13-9-40-21(27-13)26-10-31)17(32)28-15-18(33)30-16(20(34)35)11(6-24)8-39-19(15)30/h9-10,12,15,19H,5-8H2,1-4H3,(H,25,36)(H,28,32)(H,34,35)(H,26,27,31)/t12?,15?,19-/m0/s1. The van der Waals surface area contributed by atoms with Crippen molar-refractivity contribution < 1.29 is 38.7 Å². The first kappa shape index (κ1) is 31.2. The highest BCUT2D eigenvalue weighted by Crippen LogP contribution is 2.40. The van der Waals surface area contributed by atoms with Crippen molar-refractivity contribution in [3.63, 3.8) is 0 Å². The van der Waals surface area contributed by atoms with Crippen molar-refractivity contribution in [2.45, 2.75) is 57.2 Å². The number of alkyl carbamates (subject to hydrolysis) is 1. The van der Waals surface area contributed by atoms with Crippen LogP contribution in [-0.4, -0.2) is 92.3 Å². The molecule has 2 unspecified atom stereocenters. The van der Waals surface area contributed by atoms with Gasteiger partial charge in [-0.05, 0) is 32.8 Å². The molecule has 2 aliphatic rings. The predicted octanol–water partition coefficient (Wildman–Crippen LogP) is 1.71. The summed E-state index contributed by atoms with van der Waals surface area (Å²) in [5.41, 5.74) is -0.678. The Bertz CT molecular complexity index is 1230. The number of hydrogen-bond donors (Lipinski definition) is 4. The van der Waals surface area contributed by atoms with E-state index in [2.05, 4.69) is 26.1 Å². The number of halogens is 1. The maximum atomic E-state index is 13.3. The van der Waals surface area contributed by atoms with Gasteiger partial charge in [-0.2, -0.15) is 0 Å². The van der Waals surface area contributed by atoms with Crippen LogP contribution in [0.25, 0.3) is 0 Å². The number of carbonyl (C=O) groups is 5. The topological polar surface area (TPSA) is 189 Å². The number of carboxylic acid groups (broad SMARTS) is 1. The molecular weight excluding hydrogens is 588 g/mol. The quantitative estimate of drug-likeness (QED) is 0.0884. The van der Waals surface area contributed by atoms with Crippen LogP contribution in [0.15, 0.2) is 21.8 Å². The summed E-state index contributed by atoms with van der Waals surface area (Å²) in [6, 6.07) is -1.03. The Morgan fingerprint density at radius 2 is 2.10 bits per heavy atom. The van der Waals surface area contributed by atoms with Crippen LogP contribution in [0.2, 0.25) is 0 Å². The van der Waals surface area contributed by atoms with Crippen LogP contribution in [0.5, 0.6) is 0 Å². The van der Waals surface area contributed by atoms with E-state index in [-0.39, 0.29) is 40.4 Å². The van der Waals surface area contributed by atoms with Crippen LogP contribution >= 0.6 is 34.7 Å². The third-order valence-electron chi connectivity index (χ3n) is 5.46. The van der Waals surface area contributed by atoms with Crippen molar-refractivity contribution in [2.24, 2.45) is 5.16 Å². The second-order valence-electron chi connectivity index (χ2n) is 9.51. The maximum absolute atomic E-state index is 13.3. The van der Waals surface area contributed by atoms with Crippen LogP contribution in [0.4, 0.5) is 9.93 Å². The molecule has 0 saturated carbocycles. The molecule has 3 rings (SSSR count).